The molecule has 0 saturated heterocycles. The highest BCUT2D eigenvalue weighted by Crippen LogP contribution is 1.98. The van der Waals surface area contributed by atoms with E-state index in [1.165, 1.54) is 25.8 Å². The lowest BCUT2D eigenvalue weighted by Gasteiger charge is -2.18. The van der Waals surface area contributed by atoms with E-state index in [0.717, 1.165) is 19.6 Å². The third-order valence-electron chi connectivity index (χ3n) is 2.54. The standard InChI is InChI=1S/C13H28N2/c1-5-11-15(6-2)12-9-7-8-10-14-13(3)4/h5,13-14H,1,6-12H2,2-4H3. The van der Waals surface area contributed by atoms with Crippen molar-refractivity contribution in [3.8, 4) is 0 Å². The van der Waals surface area contributed by atoms with Crippen LogP contribution in [0.4, 0.5) is 0 Å². The van der Waals surface area contributed by atoms with Crippen LogP contribution in [0, 0.1) is 0 Å². The zero-order chi connectivity index (χ0) is 11.5. The van der Waals surface area contributed by atoms with Gasteiger partial charge in [-0.2, -0.15) is 0 Å². The van der Waals surface area contributed by atoms with E-state index in [-0.39, 0.29) is 0 Å². The molecule has 0 aromatic heterocycles. The largest absolute Gasteiger partial charge is 0.315 e. The van der Waals surface area contributed by atoms with Crippen LogP contribution < -0.4 is 5.32 Å². The molecule has 90 valence electrons. The molecule has 0 radical (unpaired) electrons. The van der Waals surface area contributed by atoms with Gasteiger partial charge < -0.3 is 5.32 Å². The third kappa shape index (κ3) is 9.95. The summed E-state index contributed by atoms with van der Waals surface area (Å²) in [5.74, 6) is 0. The van der Waals surface area contributed by atoms with Crippen molar-refractivity contribution in [3.05, 3.63) is 12.7 Å². The molecular weight excluding hydrogens is 184 g/mol. The van der Waals surface area contributed by atoms with Gasteiger partial charge in [0.2, 0.25) is 0 Å². The molecule has 0 atom stereocenters. The average molecular weight is 212 g/mol. The maximum atomic E-state index is 3.77. The van der Waals surface area contributed by atoms with Gasteiger partial charge in [0.05, 0.1) is 0 Å². The predicted molar refractivity (Wildman–Crippen MR) is 69.3 cm³/mol. The quantitative estimate of drug-likeness (QED) is 0.442. The molecule has 0 aliphatic heterocycles. The number of unbranched alkanes of at least 4 members (excludes halogenated alkanes) is 2. The van der Waals surface area contributed by atoms with Crippen LogP contribution in [0.2, 0.25) is 0 Å². The molecule has 0 aliphatic carbocycles. The molecule has 1 N–H and O–H groups in total. The first-order valence-corrected chi connectivity index (χ1v) is 6.27. The van der Waals surface area contributed by atoms with Gasteiger partial charge in [-0.1, -0.05) is 33.3 Å². The number of nitrogens with zero attached hydrogens (tertiary/aromatic N) is 1. The monoisotopic (exact) mass is 212 g/mol. The summed E-state index contributed by atoms with van der Waals surface area (Å²) < 4.78 is 0. The van der Waals surface area contributed by atoms with Crippen molar-refractivity contribution >= 4 is 0 Å². The fraction of sp³-hybridized carbons (Fsp3) is 0.846. The van der Waals surface area contributed by atoms with E-state index in [9.17, 15) is 0 Å². The minimum Gasteiger partial charge on any atom is -0.315 e. The summed E-state index contributed by atoms with van der Waals surface area (Å²) in [6.45, 7) is 14.9. The summed E-state index contributed by atoms with van der Waals surface area (Å²) in [6, 6.07) is 0.623. The number of hydrogen-bond acceptors (Lipinski definition) is 2. The second kappa shape index (κ2) is 10.2. The molecule has 0 saturated carbocycles. The molecule has 0 spiro atoms. The normalized spacial score (nSPS) is 11.3. The van der Waals surface area contributed by atoms with Crippen LogP contribution in [-0.4, -0.2) is 37.1 Å². The molecular formula is C13H28N2. The van der Waals surface area contributed by atoms with Crippen LogP contribution in [-0.2, 0) is 0 Å². The van der Waals surface area contributed by atoms with Crippen molar-refractivity contribution < 1.29 is 0 Å². The average Bonchev–Trinajstić information content (AvgIpc) is 2.21. The van der Waals surface area contributed by atoms with Crippen LogP contribution in [0.25, 0.3) is 0 Å². The van der Waals surface area contributed by atoms with Gasteiger partial charge in [0.15, 0.2) is 0 Å². The SMILES string of the molecule is C=CCN(CC)CCCCCNC(C)C. The van der Waals surface area contributed by atoms with Crippen LogP contribution in [0.1, 0.15) is 40.0 Å². The Morgan fingerprint density at radius 3 is 2.53 bits per heavy atom. The van der Waals surface area contributed by atoms with Gasteiger partial charge >= 0.3 is 0 Å². The van der Waals surface area contributed by atoms with E-state index in [1.54, 1.807) is 0 Å². The molecule has 2 heteroatoms. The van der Waals surface area contributed by atoms with Crippen molar-refractivity contribution in [2.24, 2.45) is 0 Å². The lowest BCUT2D eigenvalue weighted by Crippen LogP contribution is -2.25. The van der Waals surface area contributed by atoms with E-state index < -0.39 is 0 Å². The van der Waals surface area contributed by atoms with Gasteiger partial charge in [-0.15, -0.1) is 6.58 Å². The van der Waals surface area contributed by atoms with Gasteiger partial charge in [0.25, 0.3) is 0 Å². The predicted octanol–water partition coefficient (Wildman–Crippen LogP) is 2.66. The van der Waals surface area contributed by atoms with Crippen molar-refractivity contribution in [1.29, 1.82) is 0 Å². The molecule has 15 heavy (non-hydrogen) atoms. The lowest BCUT2D eigenvalue weighted by atomic mass is 10.2. The molecule has 0 aromatic rings. The molecule has 0 amide bonds. The van der Waals surface area contributed by atoms with Gasteiger partial charge in [0.1, 0.15) is 0 Å². The highest BCUT2D eigenvalue weighted by atomic mass is 15.1. The zero-order valence-corrected chi connectivity index (χ0v) is 10.8. The fourth-order valence-corrected chi connectivity index (χ4v) is 1.59. The van der Waals surface area contributed by atoms with Crippen molar-refractivity contribution in [1.82, 2.24) is 10.2 Å². The molecule has 0 aliphatic rings. The van der Waals surface area contributed by atoms with E-state index in [1.807, 2.05) is 6.08 Å². The Labute approximate surface area is 95.7 Å². The van der Waals surface area contributed by atoms with E-state index in [4.69, 9.17) is 0 Å². The Balaban J connectivity index is 3.24. The van der Waals surface area contributed by atoms with Gasteiger partial charge in [-0.3, -0.25) is 4.90 Å². The Morgan fingerprint density at radius 1 is 1.27 bits per heavy atom. The second-order valence-electron chi connectivity index (χ2n) is 4.35. The number of likely N-dealkylation sites (N-methyl/N-ethyl adjacent to an activating group) is 1. The first kappa shape index (κ1) is 14.7. The first-order valence-electron chi connectivity index (χ1n) is 6.27. The van der Waals surface area contributed by atoms with Crippen molar-refractivity contribution in [2.45, 2.75) is 46.1 Å². The van der Waals surface area contributed by atoms with E-state index >= 15 is 0 Å². The maximum Gasteiger partial charge on any atom is 0.0160 e. The smallest absolute Gasteiger partial charge is 0.0160 e. The first-order chi connectivity index (χ1) is 7.20. The van der Waals surface area contributed by atoms with Crippen LogP contribution in [0.5, 0.6) is 0 Å². The van der Waals surface area contributed by atoms with E-state index in [0.29, 0.717) is 6.04 Å². The number of hydrogen-bond donors (Lipinski definition) is 1. The Kier molecular flexibility index (Phi) is 9.96. The summed E-state index contributed by atoms with van der Waals surface area (Å²) >= 11 is 0. The van der Waals surface area contributed by atoms with Crippen LogP contribution in [0.3, 0.4) is 0 Å². The summed E-state index contributed by atoms with van der Waals surface area (Å²) in [4.78, 5) is 2.43. The fourth-order valence-electron chi connectivity index (χ4n) is 1.59. The zero-order valence-electron chi connectivity index (χ0n) is 10.8. The molecule has 0 bridgehead atoms. The molecule has 0 unspecified atom stereocenters. The maximum absolute atomic E-state index is 3.77. The van der Waals surface area contributed by atoms with Crippen LogP contribution in [0.15, 0.2) is 12.7 Å². The summed E-state index contributed by atoms with van der Waals surface area (Å²) in [7, 11) is 0. The van der Waals surface area contributed by atoms with Crippen molar-refractivity contribution in [2.75, 3.05) is 26.2 Å². The van der Waals surface area contributed by atoms with Gasteiger partial charge in [0, 0.05) is 12.6 Å². The minimum absolute atomic E-state index is 0.623. The second-order valence-corrected chi connectivity index (χ2v) is 4.35. The Bertz CT molecular complexity index is 143. The summed E-state index contributed by atoms with van der Waals surface area (Å²) in [5, 5.41) is 3.44. The molecule has 0 rings (SSSR count). The van der Waals surface area contributed by atoms with Crippen LogP contribution >= 0.6 is 0 Å². The molecule has 2 nitrogen and oxygen atoms in total. The molecule has 0 heterocycles. The van der Waals surface area contributed by atoms with Gasteiger partial charge in [-0.05, 0) is 32.5 Å². The Morgan fingerprint density at radius 2 is 2.00 bits per heavy atom. The van der Waals surface area contributed by atoms with Crippen molar-refractivity contribution in [3.63, 3.8) is 0 Å². The summed E-state index contributed by atoms with van der Waals surface area (Å²) in [6.07, 6.45) is 5.92. The lowest BCUT2D eigenvalue weighted by molar-refractivity contribution is 0.309. The van der Waals surface area contributed by atoms with E-state index in [2.05, 4.69) is 37.6 Å². The Hall–Kier alpha value is -0.340. The summed E-state index contributed by atoms with van der Waals surface area (Å²) in [5.41, 5.74) is 0. The topological polar surface area (TPSA) is 15.3 Å². The third-order valence-corrected chi connectivity index (χ3v) is 2.54. The number of rotatable bonds is 10. The minimum atomic E-state index is 0.623. The molecule has 0 aromatic carbocycles. The number of nitrogens with one attached hydrogen (secondary N) is 1. The molecule has 0 fully saturated rings. The highest BCUT2D eigenvalue weighted by molar-refractivity contribution is 4.72. The highest BCUT2D eigenvalue weighted by Gasteiger charge is 1.98. The van der Waals surface area contributed by atoms with Gasteiger partial charge in [-0.25, -0.2) is 0 Å².